The Hall–Kier alpha value is -4.06. The molecule has 78 heavy (non-hydrogen) atoms. The summed E-state index contributed by atoms with van der Waals surface area (Å²) < 4.78 is 170. The molecule has 0 amide bonds. The molecule has 8 fully saturated rings. The summed E-state index contributed by atoms with van der Waals surface area (Å²) in [6.07, 6.45) is 3.78. The highest BCUT2D eigenvalue weighted by Crippen LogP contribution is 2.71. The average Bonchev–Trinajstić information content (AvgIpc) is 4.24. The van der Waals surface area contributed by atoms with Gasteiger partial charge >= 0.3 is 42.2 Å². The van der Waals surface area contributed by atoms with Gasteiger partial charge < -0.3 is 19.7 Å². The molecule has 8 aliphatic carbocycles. The Labute approximate surface area is 450 Å². The second-order valence-corrected chi connectivity index (χ2v) is 24.4. The van der Waals surface area contributed by atoms with Crippen molar-refractivity contribution < 1.29 is 82.0 Å². The van der Waals surface area contributed by atoms with Crippen LogP contribution in [-0.2, 0) is 19.1 Å². The number of aliphatic hydroxyl groups is 2. The molecule has 2 N–H and O–H groups in total. The second kappa shape index (κ2) is 22.4. The van der Waals surface area contributed by atoms with Crippen molar-refractivity contribution >= 4 is 11.9 Å². The molecule has 6 nitrogen and oxygen atoms in total. The van der Waals surface area contributed by atoms with Crippen LogP contribution in [0.15, 0.2) is 95.2 Å². The number of halogens is 12. The third-order valence-corrected chi connectivity index (χ3v) is 19.7. The van der Waals surface area contributed by atoms with Crippen LogP contribution in [0, 0.1) is 45.3 Å². The van der Waals surface area contributed by atoms with Gasteiger partial charge in [0.25, 0.3) is 5.60 Å². The average molecular weight is 1120 g/mol. The van der Waals surface area contributed by atoms with Crippen LogP contribution < -0.4 is 0 Å². The number of ether oxygens (including phenoxy) is 2. The Morgan fingerprint density at radius 1 is 0.564 bits per heavy atom. The number of fused-ring (bicyclic) bond motifs is 2. The van der Waals surface area contributed by atoms with E-state index >= 15 is 0 Å². The lowest BCUT2D eigenvalue weighted by Crippen LogP contribution is -2.58. The van der Waals surface area contributed by atoms with E-state index in [4.69, 9.17) is 4.74 Å². The molecule has 8 aliphatic rings. The lowest BCUT2D eigenvalue weighted by atomic mass is 9.59. The highest BCUT2D eigenvalue weighted by Gasteiger charge is 2.73. The minimum atomic E-state index is -5.85. The van der Waals surface area contributed by atoms with E-state index in [9.17, 15) is 72.5 Å². The largest absolute Gasteiger partial charge is 0.458 e. The van der Waals surface area contributed by atoms with Crippen LogP contribution in [0.3, 0.4) is 0 Å². The molecule has 0 aromatic heterocycles. The molecule has 0 spiro atoms. The van der Waals surface area contributed by atoms with Crippen LogP contribution in [0.1, 0.15) is 169 Å². The fourth-order valence-electron chi connectivity index (χ4n) is 15.4. The Balaban J connectivity index is 0.000000229. The summed E-state index contributed by atoms with van der Waals surface area (Å²) in [7, 11) is 0. The van der Waals surface area contributed by atoms with Crippen LogP contribution in [0.25, 0.3) is 0 Å². The second-order valence-electron chi connectivity index (χ2n) is 24.4. The number of alkyl halides is 12. The number of carbonyl (C=O) groups excluding carboxylic acids is 2. The van der Waals surface area contributed by atoms with E-state index in [1.807, 2.05) is 0 Å². The first-order chi connectivity index (χ1) is 36.1. The van der Waals surface area contributed by atoms with Crippen molar-refractivity contribution in [2.75, 3.05) is 0 Å². The summed E-state index contributed by atoms with van der Waals surface area (Å²) in [5, 5.41) is 19.6. The van der Waals surface area contributed by atoms with E-state index < -0.39 is 48.0 Å². The first-order valence-corrected chi connectivity index (χ1v) is 27.7. The van der Waals surface area contributed by atoms with Gasteiger partial charge in [0.15, 0.2) is 0 Å². The summed E-state index contributed by atoms with van der Waals surface area (Å²) in [6, 6.07) is 0. The van der Waals surface area contributed by atoms with Gasteiger partial charge in [-0.3, -0.25) is 9.59 Å². The van der Waals surface area contributed by atoms with Gasteiger partial charge in [0.1, 0.15) is 6.10 Å². The molecular weight excluding hydrogens is 1040 g/mol. The maximum Gasteiger partial charge on any atom is 0.441 e. The minimum Gasteiger partial charge on any atom is -0.458 e. The van der Waals surface area contributed by atoms with Gasteiger partial charge in [-0.2, -0.15) is 52.7 Å². The predicted octanol–water partition coefficient (Wildman–Crippen LogP) is 16.6. The van der Waals surface area contributed by atoms with E-state index in [1.54, 1.807) is 0 Å². The monoisotopic (exact) mass is 1120 g/mol. The van der Waals surface area contributed by atoms with Crippen molar-refractivity contribution in [3.8, 4) is 0 Å². The maximum absolute atomic E-state index is 13.7. The minimum absolute atomic E-state index is 0.00174. The van der Waals surface area contributed by atoms with Gasteiger partial charge in [-0.05, 0) is 221 Å². The third-order valence-electron chi connectivity index (χ3n) is 19.7. The number of aliphatic hydroxyl groups excluding tert-OH is 1. The molecule has 0 heterocycles. The topological polar surface area (TPSA) is 93.1 Å². The smallest absolute Gasteiger partial charge is 0.441 e. The third kappa shape index (κ3) is 12.1. The molecule has 0 aliphatic heterocycles. The first kappa shape index (κ1) is 61.6. The van der Waals surface area contributed by atoms with Gasteiger partial charge in [-0.1, -0.05) is 74.6 Å². The number of hydrogen-bond acceptors (Lipinski definition) is 6. The van der Waals surface area contributed by atoms with Crippen LogP contribution in [0.4, 0.5) is 52.7 Å². The number of hydrogen-bond donors (Lipinski definition) is 2. The van der Waals surface area contributed by atoms with Crippen molar-refractivity contribution in [3.05, 3.63) is 95.2 Å². The number of carbonyl (C=O) groups is 2. The number of esters is 2. The molecule has 0 saturated heterocycles. The molecule has 0 aromatic carbocycles. The predicted molar refractivity (Wildman–Crippen MR) is 271 cm³/mol. The van der Waals surface area contributed by atoms with Crippen molar-refractivity contribution in [3.63, 3.8) is 0 Å². The van der Waals surface area contributed by atoms with E-state index in [0.717, 1.165) is 163 Å². The molecule has 8 rings (SSSR count). The van der Waals surface area contributed by atoms with Gasteiger partial charge in [0, 0.05) is 13.8 Å². The zero-order chi connectivity index (χ0) is 57.7. The Kier molecular flexibility index (Phi) is 17.6. The summed E-state index contributed by atoms with van der Waals surface area (Å²) in [5.74, 6) is -1.00. The Bertz CT molecular complexity index is 2430. The maximum atomic E-state index is 13.7. The molecule has 436 valence electrons. The highest BCUT2D eigenvalue weighted by atomic mass is 19.4. The Morgan fingerprint density at radius 2 is 1.00 bits per heavy atom. The van der Waals surface area contributed by atoms with E-state index in [2.05, 4.69) is 56.0 Å². The van der Waals surface area contributed by atoms with Crippen LogP contribution in [0.2, 0.25) is 0 Å². The van der Waals surface area contributed by atoms with Crippen LogP contribution >= 0.6 is 0 Å². The first-order valence-electron chi connectivity index (χ1n) is 27.7. The van der Waals surface area contributed by atoms with Crippen molar-refractivity contribution in [2.24, 2.45) is 45.3 Å². The fourth-order valence-corrected chi connectivity index (χ4v) is 15.4. The number of rotatable bonds is 12. The highest BCUT2D eigenvalue weighted by molar-refractivity contribution is 5.67. The zero-order valence-electron chi connectivity index (χ0n) is 45.1. The summed E-state index contributed by atoms with van der Waals surface area (Å²) in [5.41, 5.74) is -3.93. The van der Waals surface area contributed by atoms with Crippen molar-refractivity contribution in [1.29, 1.82) is 0 Å². The molecule has 8 atom stereocenters. The molecule has 2 unspecified atom stereocenters. The van der Waals surface area contributed by atoms with Gasteiger partial charge in [0.05, 0.1) is 6.10 Å². The molecule has 18 heteroatoms. The number of allylic oxidation sites excluding steroid dienone is 8. The van der Waals surface area contributed by atoms with Gasteiger partial charge in [-0.25, -0.2) is 0 Å². The summed E-state index contributed by atoms with van der Waals surface area (Å²) in [4.78, 5) is 22.8. The van der Waals surface area contributed by atoms with E-state index in [0.29, 0.717) is 12.8 Å². The lowest BCUT2D eigenvalue weighted by molar-refractivity contribution is -0.350. The standard InChI is InChI=1S/C32H40F6O4.C28H36F6O2/c1-20-23(8-5-10-26(20)41-21(2)39)11-12-24-9-6-15-28(4)25(24)13-14-27(28)29(18-19-29)16-7-17-30(31(33,34)35,32(36,37)38)42-22(3)40;1-18-19(6-3-8-22(18)35)9-10-20-7-4-13-24(2)21(20)11-12-23(24)25(16-17-25)14-5-15-26(36,27(29,30)31)28(32,33)34/h7,11-12,17,25-27H,1,5-6,8-10,13-16,18-19H2,2-4H3;5,9-10,15,21-23,35-36H,1,3-4,6-8,11-14,16-17H2,2H3/b17-7+,23-11-,24-12+;15-5+,19-9-,20-10+/t25?,26-,27-,28-;21?,22-,23-,24-/m00/s1. The molecule has 0 bridgehead atoms. The fraction of sp³-hybridized carbons (Fsp3) is 0.700. The van der Waals surface area contributed by atoms with E-state index in [-0.39, 0.29) is 76.5 Å². The molecule has 0 aromatic rings. The molecular formula is C60H76F12O6. The molecule has 8 saturated carbocycles. The summed E-state index contributed by atoms with van der Waals surface area (Å²) in [6.45, 7) is 14.6. The summed E-state index contributed by atoms with van der Waals surface area (Å²) >= 11 is 0. The Morgan fingerprint density at radius 3 is 1.41 bits per heavy atom. The van der Waals surface area contributed by atoms with Gasteiger partial charge in [-0.15, -0.1) is 0 Å². The van der Waals surface area contributed by atoms with Crippen molar-refractivity contribution in [1.82, 2.24) is 0 Å². The zero-order valence-corrected chi connectivity index (χ0v) is 45.1. The normalized spacial score (nSPS) is 33.6. The van der Waals surface area contributed by atoms with Crippen molar-refractivity contribution in [2.45, 2.75) is 217 Å². The van der Waals surface area contributed by atoms with E-state index in [1.165, 1.54) is 18.1 Å². The molecule has 0 radical (unpaired) electrons. The quantitative estimate of drug-likeness (QED) is 0.115. The van der Waals surface area contributed by atoms with Gasteiger partial charge in [0.2, 0.25) is 0 Å². The lowest BCUT2D eigenvalue weighted by Gasteiger charge is -2.45. The van der Waals surface area contributed by atoms with Crippen LogP contribution in [-0.4, -0.2) is 70.3 Å². The van der Waals surface area contributed by atoms with Crippen LogP contribution in [0.5, 0.6) is 0 Å². The SMILES string of the molecule is C=C1/C(=C\C=C2/CCC[C@@]3(C)C2CC[C@@H]3C2(C/C=C/C(O)(C(F)(F)F)C(F)(F)F)CC2)CCC[C@@H]1O.C=C1/C(=C\C=C2/CCC[C@@]3(C)C2CC[C@@H]3C2(C/C=C/C(OC(C)=O)(C(F)(F)F)C(F)(F)F)CC2)CCC[C@@H]1OC(C)=O.